The number of rotatable bonds is 9. The molecule has 1 aromatic carbocycles. The second-order valence-corrected chi connectivity index (χ2v) is 8.01. The number of aromatic nitrogens is 5. The third-order valence-corrected chi connectivity index (χ3v) is 5.58. The van der Waals surface area contributed by atoms with Crippen LogP contribution >= 0.6 is 0 Å². The lowest BCUT2D eigenvalue weighted by Crippen LogP contribution is -2.15. The summed E-state index contributed by atoms with van der Waals surface area (Å²) >= 11 is 0. The fourth-order valence-electron chi connectivity index (χ4n) is 3.82. The fourth-order valence-corrected chi connectivity index (χ4v) is 3.82. The van der Waals surface area contributed by atoms with Crippen molar-refractivity contribution in [2.75, 3.05) is 27.7 Å². The monoisotopic (exact) mass is 435 g/mol. The Kier molecular flexibility index (Phi) is 6.36. The number of para-hydroxylation sites is 1. The van der Waals surface area contributed by atoms with Crippen LogP contribution in [0.15, 0.2) is 35.7 Å². The Morgan fingerprint density at radius 3 is 2.75 bits per heavy atom. The van der Waals surface area contributed by atoms with Gasteiger partial charge in [0.2, 0.25) is 0 Å². The minimum Gasteiger partial charge on any atom is -0.496 e. The van der Waals surface area contributed by atoms with E-state index in [0.29, 0.717) is 5.82 Å². The number of fused-ring (bicyclic) bond motifs is 3. The summed E-state index contributed by atoms with van der Waals surface area (Å²) in [5.41, 5.74) is 4.96. The SMILES string of the molecule is COc1ccccc1C=NOCc1nc2c3c(C)c(C)n(CCCN(C)C)c3ncn2n1. The average molecular weight is 436 g/mol. The fraction of sp³-hybridized carbons (Fsp3) is 0.391. The van der Waals surface area contributed by atoms with Crippen LogP contribution in [0.5, 0.6) is 5.75 Å². The van der Waals surface area contributed by atoms with E-state index in [2.05, 4.69) is 52.6 Å². The molecule has 0 radical (unpaired) electrons. The molecule has 4 rings (SSSR count). The molecule has 4 aromatic rings. The van der Waals surface area contributed by atoms with Crippen LogP contribution in [0.25, 0.3) is 16.7 Å². The number of nitrogens with zero attached hydrogens (tertiary/aromatic N) is 7. The van der Waals surface area contributed by atoms with Crippen LogP contribution in [0.4, 0.5) is 0 Å². The second-order valence-electron chi connectivity index (χ2n) is 8.01. The number of aryl methyl sites for hydroxylation is 2. The molecule has 0 spiro atoms. The lowest BCUT2D eigenvalue weighted by Gasteiger charge is -2.11. The Bertz CT molecular complexity index is 1260. The molecule has 3 aromatic heterocycles. The summed E-state index contributed by atoms with van der Waals surface area (Å²) in [4.78, 5) is 17.0. The molecule has 0 N–H and O–H groups in total. The summed E-state index contributed by atoms with van der Waals surface area (Å²) in [7, 11) is 5.81. The second kappa shape index (κ2) is 9.35. The minimum absolute atomic E-state index is 0.163. The van der Waals surface area contributed by atoms with E-state index in [-0.39, 0.29) is 6.61 Å². The number of hydrogen-bond acceptors (Lipinski definition) is 7. The number of hydrogen-bond donors (Lipinski definition) is 0. The van der Waals surface area contributed by atoms with Gasteiger partial charge < -0.3 is 19.0 Å². The van der Waals surface area contributed by atoms with Gasteiger partial charge in [-0.05, 0) is 58.6 Å². The highest BCUT2D eigenvalue weighted by atomic mass is 16.6. The van der Waals surface area contributed by atoms with Crippen molar-refractivity contribution in [2.24, 2.45) is 5.16 Å². The largest absolute Gasteiger partial charge is 0.496 e. The van der Waals surface area contributed by atoms with Crippen LogP contribution in [0.1, 0.15) is 29.1 Å². The van der Waals surface area contributed by atoms with Crippen LogP contribution in [0.2, 0.25) is 0 Å². The highest BCUT2D eigenvalue weighted by Crippen LogP contribution is 2.27. The van der Waals surface area contributed by atoms with Crippen molar-refractivity contribution in [3.8, 4) is 5.75 Å². The maximum atomic E-state index is 5.44. The quantitative estimate of drug-likeness (QED) is 0.297. The molecule has 168 valence electrons. The first-order chi connectivity index (χ1) is 15.5. The molecular weight excluding hydrogens is 406 g/mol. The molecule has 0 aliphatic heterocycles. The maximum absolute atomic E-state index is 5.44. The zero-order valence-electron chi connectivity index (χ0n) is 19.2. The predicted molar refractivity (Wildman–Crippen MR) is 124 cm³/mol. The third-order valence-electron chi connectivity index (χ3n) is 5.58. The molecule has 0 aliphatic rings. The van der Waals surface area contributed by atoms with Crippen LogP contribution in [-0.2, 0) is 18.0 Å². The van der Waals surface area contributed by atoms with Gasteiger partial charge in [-0.25, -0.2) is 14.5 Å². The Morgan fingerprint density at radius 1 is 1.16 bits per heavy atom. The lowest BCUT2D eigenvalue weighted by molar-refractivity contribution is 0.126. The van der Waals surface area contributed by atoms with Crippen LogP contribution in [-0.4, -0.2) is 63.0 Å². The van der Waals surface area contributed by atoms with Gasteiger partial charge in [0.1, 0.15) is 17.7 Å². The molecule has 3 heterocycles. The number of benzene rings is 1. The molecule has 0 fully saturated rings. The summed E-state index contributed by atoms with van der Waals surface area (Å²) in [6, 6.07) is 7.61. The van der Waals surface area contributed by atoms with Gasteiger partial charge in [-0.2, -0.15) is 0 Å². The topological polar surface area (TPSA) is 82.1 Å². The van der Waals surface area contributed by atoms with Crippen molar-refractivity contribution < 1.29 is 9.57 Å². The van der Waals surface area contributed by atoms with E-state index in [9.17, 15) is 0 Å². The third kappa shape index (κ3) is 4.29. The van der Waals surface area contributed by atoms with E-state index in [0.717, 1.165) is 47.5 Å². The normalized spacial score (nSPS) is 11.9. The summed E-state index contributed by atoms with van der Waals surface area (Å²) < 4.78 is 9.30. The van der Waals surface area contributed by atoms with Gasteiger partial charge in [0, 0.05) is 17.8 Å². The molecule has 0 saturated carbocycles. The number of ether oxygens (including phenoxy) is 1. The molecule has 0 bridgehead atoms. The molecule has 9 nitrogen and oxygen atoms in total. The van der Waals surface area contributed by atoms with Crippen LogP contribution < -0.4 is 4.74 Å². The Morgan fingerprint density at radius 2 is 1.97 bits per heavy atom. The Labute approximate surface area is 187 Å². The first-order valence-corrected chi connectivity index (χ1v) is 10.6. The van der Waals surface area contributed by atoms with Gasteiger partial charge in [-0.3, -0.25) is 0 Å². The molecule has 0 atom stereocenters. The Hall–Kier alpha value is -3.46. The lowest BCUT2D eigenvalue weighted by atomic mass is 10.2. The van der Waals surface area contributed by atoms with Gasteiger partial charge in [0.25, 0.3) is 0 Å². The average Bonchev–Trinajstić information content (AvgIpc) is 3.30. The zero-order chi connectivity index (χ0) is 22.7. The van der Waals surface area contributed by atoms with E-state index >= 15 is 0 Å². The summed E-state index contributed by atoms with van der Waals surface area (Å²) in [5, 5.41) is 9.59. The van der Waals surface area contributed by atoms with Gasteiger partial charge >= 0.3 is 0 Å². The first kappa shape index (κ1) is 21.8. The van der Waals surface area contributed by atoms with Crippen molar-refractivity contribution in [3.05, 3.63) is 53.2 Å². The van der Waals surface area contributed by atoms with E-state index in [1.807, 2.05) is 24.3 Å². The number of oxime groups is 1. The van der Waals surface area contributed by atoms with E-state index in [1.54, 1.807) is 24.2 Å². The maximum Gasteiger partial charge on any atom is 0.192 e. The van der Waals surface area contributed by atoms with Crippen molar-refractivity contribution in [3.63, 3.8) is 0 Å². The molecule has 9 heteroatoms. The van der Waals surface area contributed by atoms with E-state index in [4.69, 9.17) is 14.6 Å². The van der Waals surface area contributed by atoms with Crippen molar-refractivity contribution in [1.82, 2.24) is 29.0 Å². The van der Waals surface area contributed by atoms with Gasteiger partial charge in [-0.1, -0.05) is 17.3 Å². The van der Waals surface area contributed by atoms with Crippen molar-refractivity contribution in [2.45, 2.75) is 33.4 Å². The Balaban J connectivity index is 1.55. The van der Waals surface area contributed by atoms with Crippen molar-refractivity contribution in [1.29, 1.82) is 0 Å². The molecule has 32 heavy (non-hydrogen) atoms. The minimum atomic E-state index is 0.163. The summed E-state index contributed by atoms with van der Waals surface area (Å²) in [6.07, 6.45) is 4.39. The standard InChI is InChI=1S/C23H29N7O2/c1-16-17(2)29(12-8-11-28(3)4)22-21(16)23-26-20(27-30(23)15-24-22)14-32-25-13-18-9-6-7-10-19(18)31-5/h6-7,9-10,13,15H,8,11-12,14H2,1-5H3. The molecular formula is C23H29N7O2. The molecule has 0 amide bonds. The van der Waals surface area contributed by atoms with E-state index in [1.165, 1.54) is 11.3 Å². The van der Waals surface area contributed by atoms with Crippen LogP contribution in [0.3, 0.4) is 0 Å². The van der Waals surface area contributed by atoms with Crippen LogP contribution in [0, 0.1) is 13.8 Å². The smallest absolute Gasteiger partial charge is 0.192 e. The van der Waals surface area contributed by atoms with Crippen molar-refractivity contribution >= 4 is 22.9 Å². The molecule has 0 aliphatic carbocycles. The molecule has 0 saturated heterocycles. The van der Waals surface area contributed by atoms with Gasteiger partial charge in [0.15, 0.2) is 18.1 Å². The summed E-state index contributed by atoms with van der Waals surface area (Å²) in [6.45, 7) is 6.36. The first-order valence-electron chi connectivity index (χ1n) is 10.6. The van der Waals surface area contributed by atoms with Gasteiger partial charge in [0.05, 0.1) is 18.7 Å². The predicted octanol–water partition coefficient (Wildman–Crippen LogP) is 3.21. The van der Waals surface area contributed by atoms with Gasteiger partial charge in [-0.15, -0.1) is 5.10 Å². The van der Waals surface area contributed by atoms with E-state index < -0.39 is 0 Å². The highest BCUT2D eigenvalue weighted by Gasteiger charge is 2.18. The summed E-state index contributed by atoms with van der Waals surface area (Å²) in [5.74, 6) is 1.29. The number of methoxy groups -OCH3 is 1. The molecule has 0 unspecified atom stereocenters. The zero-order valence-corrected chi connectivity index (χ0v) is 19.2. The highest BCUT2D eigenvalue weighted by molar-refractivity contribution is 5.93.